The zero-order valence-electron chi connectivity index (χ0n) is 16.8. The fourth-order valence-electron chi connectivity index (χ4n) is 4.37. The second kappa shape index (κ2) is 8.63. The molecule has 4 rings (SSSR count). The van der Waals surface area contributed by atoms with Crippen molar-refractivity contribution in [2.75, 3.05) is 31.1 Å². The van der Waals surface area contributed by atoms with Crippen LogP contribution in [-0.2, 0) is 34.8 Å². The Balaban J connectivity index is 1.41. The lowest BCUT2D eigenvalue weighted by Gasteiger charge is -2.35. The van der Waals surface area contributed by atoms with Crippen LogP contribution in [0.1, 0.15) is 23.1 Å². The summed E-state index contributed by atoms with van der Waals surface area (Å²) in [5.41, 5.74) is 2.11. The highest BCUT2D eigenvalue weighted by atomic mass is 32.2. The molecular weight excluding hydrogens is 429 g/mol. The number of benzene rings is 2. The number of hydrogen-bond donors (Lipinski definition) is 1. The summed E-state index contributed by atoms with van der Waals surface area (Å²) < 4.78 is 53.4. The average molecular weight is 452 g/mol. The zero-order valence-corrected chi connectivity index (χ0v) is 17.6. The van der Waals surface area contributed by atoms with E-state index in [-0.39, 0.29) is 12.3 Å². The molecule has 2 atom stereocenters. The van der Waals surface area contributed by atoms with Gasteiger partial charge in [-0.2, -0.15) is 13.2 Å². The molecule has 31 heavy (non-hydrogen) atoms. The lowest BCUT2D eigenvalue weighted by molar-refractivity contribution is -0.138. The number of alkyl halides is 3. The van der Waals surface area contributed by atoms with Gasteiger partial charge in [0.2, 0.25) is 0 Å². The van der Waals surface area contributed by atoms with Crippen molar-refractivity contribution in [3.63, 3.8) is 0 Å². The van der Waals surface area contributed by atoms with E-state index in [0.717, 1.165) is 33.8 Å². The quantitative estimate of drug-likeness (QED) is 0.751. The first-order valence-electron chi connectivity index (χ1n) is 10.1. The summed E-state index contributed by atoms with van der Waals surface area (Å²) >= 11 is 0. The van der Waals surface area contributed by atoms with Crippen LogP contribution >= 0.6 is 0 Å². The molecule has 2 aromatic rings. The van der Waals surface area contributed by atoms with Gasteiger partial charge in [0.15, 0.2) is 0 Å². The number of nitrogens with zero attached hydrogens (tertiary/aromatic N) is 2. The average Bonchev–Trinajstić information content (AvgIpc) is 3.14. The van der Waals surface area contributed by atoms with Crippen molar-refractivity contribution in [1.29, 1.82) is 0 Å². The number of carboxylic acid groups (broad SMARTS) is 1. The van der Waals surface area contributed by atoms with E-state index in [1.165, 1.54) is 12.1 Å². The standard InChI is InChI=1S/C22H23F3N2O3S/c23-22(24,25)17-4-6-18(7-5-17)26-8-10-27(11-9-26)31(30)20-3-1-2-16-12-15(13-19(16)20)14-21(28)29/h1-7,15H,8-14H2,(H,28,29). The summed E-state index contributed by atoms with van der Waals surface area (Å²) in [6, 6.07) is 10.8. The molecule has 0 amide bonds. The maximum atomic E-state index is 13.3. The number of piperazine rings is 1. The molecule has 2 aromatic carbocycles. The van der Waals surface area contributed by atoms with E-state index in [1.54, 1.807) is 0 Å². The molecular formula is C22H23F3N2O3S. The van der Waals surface area contributed by atoms with E-state index < -0.39 is 28.7 Å². The Morgan fingerprint density at radius 2 is 1.71 bits per heavy atom. The molecule has 1 fully saturated rings. The Hall–Kier alpha value is -2.39. The van der Waals surface area contributed by atoms with Crippen LogP contribution in [-0.4, -0.2) is 45.8 Å². The number of carbonyl (C=O) groups is 1. The first kappa shape index (κ1) is 21.8. The predicted octanol–water partition coefficient (Wildman–Crippen LogP) is 3.74. The van der Waals surface area contributed by atoms with Crippen molar-refractivity contribution in [1.82, 2.24) is 4.31 Å². The third-order valence-corrected chi connectivity index (χ3v) is 7.51. The highest BCUT2D eigenvalue weighted by molar-refractivity contribution is 7.82. The Labute approximate surface area is 181 Å². The molecule has 0 radical (unpaired) electrons. The second-order valence-electron chi connectivity index (χ2n) is 7.98. The lowest BCUT2D eigenvalue weighted by Crippen LogP contribution is -2.47. The molecule has 166 valence electrons. The van der Waals surface area contributed by atoms with Crippen LogP contribution in [0.5, 0.6) is 0 Å². The molecule has 1 aliphatic heterocycles. The smallest absolute Gasteiger partial charge is 0.416 e. The molecule has 1 saturated heterocycles. The van der Waals surface area contributed by atoms with Gasteiger partial charge in [-0.3, -0.25) is 4.79 Å². The van der Waals surface area contributed by atoms with E-state index in [4.69, 9.17) is 5.11 Å². The summed E-state index contributed by atoms with van der Waals surface area (Å²) in [5.74, 6) is -0.790. The van der Waals surface area contributed by atoms with E-state index in [2.05, 4.69) is 0 Å². The lowest BCUT2D eigenvalue weighted by atomic mass is 10.0. The van der Waals surface area contributed by atoms with Gasteiger partial charge in [0.1, 0.15) is 11.0 Å². The molecule has 2 aliphatic rings. The van der Waals surface area contributed by atoms with Crippen LogP contribution in [0.15, 0.2) is 47.4 Å². The predicted molar refractivity (Wildman–Crippen MR) is 111 cm³/mol. The molecule has 1 N–H and O–H groups in total. The first-order chi connectivity index (χ1) is 14.7. The highest BCUT2D eigenvalue weighted by Gasteiger charge is 2.32. The normalized spacial score (nSPS) is 20.5. The van der Waals surface area contributed by atoms with Crippen molar-refractivity contribution < 1.29 is 27.3 Å². The summed E-state index contributed by atoms with van der Waals surface area (Å²) in [4.78, 5) is 13.8. The number of aliphatic carboxylic acids is 1. The Morgan fingerprint density at radius 1 is 1.03 bits per heavy atom. The zero-order chi connectivity index (χ0) is 22.2. The van der Waals surface area contributed by atoms with Crippen molar-refractivity contribution in [2.24, 2.45) is 5.92 Å². The summed E-state index contributed by atoms with van der Waals surface area (Å²) in [5, 5.41) is 9.08. The van der Waals surface area contributed by atoms with Crippen molar-refractivity contribution >= 4 is 22.6 Å². The van der Waals surface area contributed by atoms with E-state index in [0.29, 0.717) is 39.0 Å². The van der Waals surface area contributed by atoms with Gasteiger partial charge in [0.05, 0.1) is 10.5 Å². The summed E-state index contributed by atoms with van der Waals surface area (Å²) in [6.07, 6.45) is -2.94. The number of carboxylic acids is 1. The number of hydrogen-bond acceptors (Lipinski definition) is 3. The number of rotatable bonds is 5. The van der Waals surface area contributed by atoms with Gasteiger partial charge in [-0.05, 0) is 60.2 Å². The minimum Gasteiger partial charge on any atom is -0.481 e. The van der Waals surface area contributed by atoms with Crippen LogP contribution in [0.25, 0.3) is 0 Å². The highest BCUT2D eigenvalue weighted by Crippen LogP contribution is 2.34. The third-order valence-electron chi connectivity index (χ3n) is 5.92. The molecule has 0 aromatic heterocycles. The van der Waals surface area contributed by atoms with Gasteiger partial charge in [-0.15, -0.1) is 0 Å². The van der Waals surface area contributed by atoms with Gasteiger partial charge in [-0.25, -0.2) is 8.51 Å². The van der Waals surface area contributed by atoms with Gasteiger partial charge >= 0.3 is 12.1 Å². The SMILES string of the molecule is O=C(O)CC1Cc2cccc(S(=O)N3CCN(c4ccc(C(F)(F)F)cc4)CC3)c2C1. The second-order valence-corrected chi connectivity index (χ2v) is 9.43. The van der Waals surface area contributed by atoms with Gasteiger partial charge < -0.3 is 10.0 Å². The topological polar surface area (TPSA) is 60.9 Å². The van der Waals surface area contributed by atoms with Gasteiger partial charge in [0.25, 0.3) is 0 Å². The number of anilines is 1. The Morgan fingerprint density at radius 3 is 2.32 bits per heavy atom. The minimum absolute atomic E-state index is 0.0298. The Bertz CT molecular complexity index is 986. The van der Waals surface area contributed by atoms with E-state index >= 15 is 0 Å². The largest absolute Gasteiger partial charge is 0.481 e. The molecule has 0 saturated carbocycles. The van der Waals surface area contributed by atoms with Crippen molar-refractivity contribution in [3.05, 3.63) is 59.2 Å². The molecule has 0 spiro atoms. The number of fused-ring (bicyclic) bond motifs is 1. The van der Waals surface area contributed by atoms with E-state index in [1.807, 2.05) is 27.4 Å². The maximum Gasteiger partial charge on any atom is 0.416 e. The maximum absolute atomic E-state index is 13.3. The monoisotopic (exact) mass is 452 g/mol. The third kappa shape index (κ3) is 4.77. The van der Waals surface area contributed by atoms with Crippen LogP contribution in [0.3, 0.4) is 0 Å². The molecule has 1 aliphatic carbocycles. The number of halogens is 3. The van der Waals surface area contributed by atoms with Gasteiger partial charge in [-0.1, -0.05) is 12.1 Å². The van der Waals surface area contributed by atoms with Gasteiger partial charge in [0, 0.05) is 38.3 Å². The minimum atomic E-state index is -4.35. The van der Waals surface area contributed by atoms with Crippen LogP contribution in [0.4, 0.5) is 18.9 Å². The van der Waals surface area contributed by atoms with Crippen molar-refractivity contribution in [2.45, 2.75) is 30.3 Å². The summed E-state index contributed by atoms with van der Waals surface area (Å²) in [6.45, 7) is 2.17. The molecule has 0 bridgehead atoms. The molecule has 5 nitrogen and oxygen atoms in total. The van der Waals surface area contributed by atoms with Crippen LogP contribution < -0.4 is 4.90 Å². The Kier molecular flexibility index (Phi) is 6.07. The van der Waals surface area contributed by atoms with E-state index in [9.17, 15) is 22.2 Å². The molecule has 2 unspecified atom stereocenters. The van der Waals surface area contributed by atoms with Crippen molar-refractivity contribution in [3.8, 4) is 0 Å². The molecule has 9 heteroatoms. The fourth-order valence-corrected chi connectivity index (χ4v) is 5.77. The molecule has 1 heterocycles. The van der Waals surface area contributed by atoms with Crippen LogP contribution in [0.2, 0.25) is 0 Å². The van der Waals surface area contributed by atoms with Crippen LogP contribution in [0, 0.1) is 5.92 Å². The first-order valence-corrected chi connectivity index (χ1v) is 11.2. The summed E-state index contributed by atoms with van der Waals surface area (Å²) in [7, 11) is -1.36. The fraction of sp³-hybridized carbons (Fsp3) is 0.409.